The van der Waals surface area contributed by atoms with Crippen LogP contribution in [0.3, 0.4) is 0 Å². The van der Waals surface area contributed by atoms with Crippen LogP contribution >= 0.6 is 0 Å². The average molecular weight is 280 g/mol. The summed E-state index contributed by atoms with van der Waals surface area (Å²) in [6.07, 6.45) is 0. The zero-order chi connectivity index (χ0) is 14.7. The average Bonchev–Trinajstić information content (AvgIpc) is 2.39. The van der Waals surface area contributed by atoms with Crippen LogP contribution < -0.4 is 10.6 Å². The molecule has 0 saturated carbocycles. The number of ether oxygens (including phenoxy) is 2. The number of hydrogen-bond acceptors (Lipinski definition) is 5. The largest absolute Gasteiger partial charge is 0.462 e. The van der Waals surface area contributed by atoms with E-state index < -0.39 is 0 Å². The lowest BCUT2D eigenvalue weighted by Gasteiger charge is -2.32. The number of aryl methyl sites for hydroxylation is 1. The second kappa shape index (κ2) is 6.09. The van der Waals surface area contributed by atoms with E-state index in [-0.39, 0.29) is 11.5 Å². The van der Waals surface area contributed by atoms with Crippen molar-refractivity contribution in [2.45, 2.75) is 20.8 Å². The number of carbonyl (C=O) groups is 1. The summed E-state index contributed by atoms with van der Waals surface area (Å²) >= 11 is 0. The molecular formula is C14H20N2O4. The Kier molecular flexibility index (Phi) is 4.44. The van der Waals surface area contributed by atoms with Crippen LogP contribution in [0.5, 0.6) is 0 Å². The van der Waals surface area contributed by atoms with Crippen molar-refractivity contribution in [1.29, 1.82) is 0 Å². The van der Waals surface area contributed by atoms with Crippen molar-refractivity contribution in [3.05, 3.63) is 33.2 Å². The summed E-state index contributed by atoms with van der Waals surface area (Å²) in [6, 6.07) is 1.48. The lowest BCUT2D eigenvalue weighted by molar-refractivity contribution is 0.0523. The molecule has 2 rings (SSSR count). The third kappa shape index (κ3) is 2.70. The number of rotatable bonds is 3. The molecule has 1 aromatic rings. The first kappa shape index (κ1) is 14.6. The van der Waals surface area contributed by atoms with Gasteiger partial charge in [-0.15, -0.1) is 0 Å². The molecule has 110 valence electrons. The van der Waals surface area contributed by atoms with Crippen LogP contribution in [0.2, 0.25) is 0 Å². The Balaban J connectivity index is 2.49. The van der Waals surface area contributed by atoms with Gasteiger partial charge in [0.2, 0.25) is 0 Å². The van der Waals surface area contributed by atoms with Gasteiger partial charge in [-0.2, -0.15) is 0 Å². The number of carbonyl (C=O) groups excluding carboxylic acids is 1. The normalized spacial score (nSPS) is 15.2. The molecule has 0 aliphatic carbocycles. The third-order valence-corrected chi connectivity index (χ3v) is 3.37. The van der Waals surface area contributed by atoms with E-state index in [9.17, 15) is 9.59 Å². The molecule has 1 fully saturated rings. The number of pyridine rings is 1. The maximum absolute atomic E-state index is 12.2. The van der Waals surface area contributed by atoms with Crippen LogP contribution in [0.4, 0.5) is 0 Å². The van der Waals surface area contributed by atoms with Gasteiger partial charge in [0.15, 0.2) is 0 Å². The van der Waals surface area contributed by atoms with Gasteiger partial charge in [-0.05, 0) is 26.3 Å². The summed E-state index contributed by atoms with van der Waals surface area (Å²) < 4.78 is 11.9. The van der Waals surface area contributed by atoms with Crippen LogP contribution in [-0.4, -0.2) is 43.6 Å². The van der Waals surface area contributed by atoms with E-state index in [1.807, 2.05) is 5.01 Å². The summed E-state index contributed by atoms with van der Waals surface area (Å²) in [7, 11) is 0. The van der Waals surface area contributed by atoms with E-state index in [4.69, 9.17) is 9.47 Å². The summed E-state index contributed by atoms with van der Waals surface area (Å²) in [5.41, 5.74) is 1.61. The molecule has 0 N–H and O–H groups in total. The van der Waals surface area contributed by atoms with Crippen molar-refractivity contribution in [2.75, 3.05) is 37.9 Å². The highest BCUT2D eigenvalue weighted by Gasteiger charge is 2.21. The lowest BCUT2D eigenvalue weighted by atomic mass is 10.1. The number of nitrogens with zero attached hydrogens (tertiary/aromatic N) is 2. The van der Waals surface area contributed by atoms with Crippen molar-refractivity contribution < 1.29 is 14.3 Å². The van der Waals surface area contributed by atoms with E-state index in [1.54, 1.807) is 25.4 Å². The Morgan fingerprint density at radius 2 is 2.00 bits per heavy atom. The first-order valence-electron chi connectivity index (χ1n) is 6.79. The zero-order valence-corrected chi connectivity index (χ0v) is 12.1. The minimum absolute atomic E-state index is 0.130. The Morgan fingerprint density at radius 1 is 1.35 bits per heavy atom. The van der Waals surface area contributed by atoms with Crippen LogP contribution in [0.1, 0.15) is 28.5 Å². The van der Waals surface area contributed by atoms with Gasteiger partial charge in [-0.1, -0.05) is 0 Å². The molecule has 1 saturated heterocycles. The van der Waals surface area contributed by atoms with Crippen LogP contribution in [0.15, 0.2) is 10.9 Å². The highest BCUT2D eigenvalue weighted by Crippen LogP contribution is 2.14. The monoisotopic (exact) mass is 280 g/mol. The quantitative estimate of drug-likeness (QED) is 0.759. The molecule has 6 nitrogen and oxygen atoms in total. The van der Waals surface area contributed by atoms with Crippen molar-refractivity contribution >= 4 is 5.97 Å². The van der Waals surface area contributed by atoms with Gasteiger partial charge >= 0.3 is 5.97 Å². The van der Waals surface area contributed by atoms with Gasteiger partial charge in [0.05, 0.1) is 44.2 Å². The standard InChI is InChI=1S/C14H20N2O4/c1-4-20-14(18)13-10(2)9-12(17)16(11(13)3)15-5-7-19-8-6-15/h9H,4-8H2,1-3H3. The molecule has 0 unspecified atom stereocenters. The molecule has 6 heteroatoms. The summed E-state index contributed by atoms with van der Waals surface area (Å²) in [5.74, 6) is -0.385. The van der Waals surface area contributed by atoms with Crippen LogP contribution in [0, 0.1) is 13.8 Å². The molecule has 2 heterocycles. The summed E-state index contributed by atoms with van der Waals surface area (Å²) in [4.78, 5) is 24.3. The van der Waals surface area contributed by atoms with Crippen molar-refractivity contribution in [3.63, 3.8) is 0 Å². The fraction of sp³-hybridized carbons (Fsp3) is 0.571. The first-order valence-corrected chi connectivity index (χ1v) is 6.79. The molecule has 0 aromatic carbocycles. The minimum Gasteiger partial charge on any atom is -0.462 e. The Hall–Kier alpha value is -1.82. The van der Waals surface area contributed by atoms with Gasteiger partial charge in [-0.3, -0.25) is 4.79 Å². The number of esters is 1. The maximum atomic E-state index is 12.2. The second-order valence-corrected chi connectivity index (χ2v) is 4.72. The van der Waals surface area contributed by atoms with E-state index in [0.29, 0.717) is 49.7 Å². The van der Waals surface area contributed by atoms with Crippen molar-refractivity contribution in [1.82, 2.24) is 4.68 Å². The van der Waals surface area contributed by atoms with E-state index >= 15 is 0 Å². The number of morpholine rings is 1. The van der Waals surface area contributed by atoms with Crippen molar-refractivity contribution in [3.8, 4) is 0 Å². The Labute approximate surface area is 117 Å². The first-order chi connectivity index (χ1) is 9.56. The lowest BCUT2D eigenvalue weighted by Crippen LogP contribution is -2.50. The Bertz CT molecular complexity index is 559. The SMILES string of the molecule is CCOC(=O)c1c(C)cc(=O)n(N2CCOCC2)c1C. The van der Waals surface area contributed by atoms with E-state index in [0.717, 1.165) is 0 Å². The zero-order valence-electron chi connectivity index (χ0n) is 12.1. The molecule has 1 aromatic heterocycles. The predicted molar refractivity (Wildman–Crippen MR) is 74.9 cm³/mol. The van der Waals surface area contributed by atoms with E-state index in [1.165, 1.54) is 6.07 Å². The van der Waals surface area contributed by atoms with Crippen molar-refractivity contribution in [2.24, 2.45) is 0 Å². The second-order valence-electron chi connectivity index (χ2n) is 4.72. The fourth-order valence-electron chi connectivity index (χ4n) is 2.49. The fourth-order valence-corrected chi connectivity index (χ4v) is 2.49. The highest BCUT2D eigenvalue weighted by molar-refractivity contribution is 5.92. The molecule has 1 aliphatic heterocycles. The summed E-state index contributed by atoms with van der Waals surface area (Å²) in [6.45, 7) is 8.02. The van der Waals surface area contributed by atoms with Crippen LogP contribution in [-0.2, 0) is 9.47 Å². The number of aromatic nitrogens is 1. The smallest absolute Gasteiger partial charge is 0.340 e. The minimum atomic E-state index is -0.385. The van der Waals surface area contributed by atoms with Gasteiger partial charge < -0.3 is 14.5 Å². The van der Waals surface area contributed by atoms with E-state index in [2.05, 4.69) is 0 Å². The molecule has 1 aliphatic rings. The van der Waals surface area contributed by atoms with Gasteiger partial charge in [0.25, 0.3) is 5.56 Å². The number of hydrogen-bond donors (Lipinski definition) is 0. The summed E-state index contributed by atoms with van der Waals surface area (Å²) in [5, 5.41) is 1.91. The molecule has 0 atom stereocenters. The Morgan fingerprint density at radius 3 is 2.60 bits per heavy atom. The predicted octanol–water partition coefficient (Wildman–Crippen LogP) is 0.610. The van der Waals surface area contributed by atoms with Gasteiger partial charge in [-0.25, -0.2) is 9.47 Å². The van der Waals surface area contributed by atoms with Crippen LogP contribution in [0.25, 0.3) is 0 Å². The maximum Gasteiger partial charge on any atom is 0.340 e. The highest BCUT2D eigenvalue weighted by atomic mass is 16.5. The van der Waals surface area contributed by atoms with Gasteiger partial charge in [0, 0.05) is 6.07 Å². The molecule has 0 bridgehead atoms. The topological polar surface area (TPSA) is 60.8 Å². The molecule has 0 radical (unpaired) electrons. The molecule has 20 heavy (non-hydrogen) atoms. The van der Waals surface area contributed by atoms with Gasteiger partial charge in [0.1, 0.15) is 0 Å². The molecule has 0 spiro atoms. The third-order valence-electron chi connectivity index (χ3n) is 3.37. The molecule has 0 amide bonds. The molecular weight excluding hydrogens is 260 g/mol.